The highest BCUT2D eigenvalue weighted by atomic mass is 16.2. The number of carbonyl (C=O) groups excluding carboxylic acids is 2. The number of aromatic amines is 1. The van der Waals surface area contributed by atoms with Crippen LogP contribution in [0.1, 0.15) is 84.5 Å². The van der Waals surface area contributed by atoms with Crippen molar-refractivity contribution in [2.24, 2.45) is 0 Å². The SMILES string of the molecule is C#C.C=C(N/C(=C/C)C/C=C\CC)C(=O)NC(CCCCCC)c1nc2c(ccc3ccccc32)[nH]1.CC=O.CO. The Morgan fingerprint density at radius 2 is 1.76 bits per heavy atom. The highest BCUT2D eigenvalue weighted by Gasteiger charge is 2.20. The molecule has 1 aromatic heterocycles. The molecule has 0 saturated heterocycles. The van der Waals surface area contributed by atoms with Crippen LogP contribution in [0.2, 0.25) is 0 Å². The van der Waals surface area contributed by atoms with E-state index in [0.29, 0.717) is 5.70 Å². The number of terminal acetylenes is 1. The Labute approximate surface area is 246 Å². The highest BCUT2D eigenvalue weighted by molar-refractivity contribution is 6.04. The summed E-state index contributed by atoms with van der Waals surface area (Å²) >= 11 is 0. The van der Waals surface area contributed by atoms with E-state index in [-0.39, 0.29) is 11.9 Å². The fourth-order valence-electron chi connectivity index (χ4n) is 4.09. The molecule has 7 nitrogen and oxygen atoms in total. The summed E-state index contributed by atoms with van der Waals surface area (Å²) in [6.07, 6.45) is 22.0. The molecule has 0 fully saturated rings. The van der Waals surface area contributed by atoms with Gasteiger partial charge >= 0.3 is 0 Å². The lowest BCUT2D eigenvalue weighted by molar-refractivity contribution is -0.118. The van der Waals surface area contributed by atoms with Crippen molar-refractivity contribution in [2.75, 3.05) is 7.11 Å². The molecule has 0 radical (unpaired) electrons. The number of imidazole rings is 1. The normalized spacial score (nSPS) is 11.3. The minimum atomic E-state index is -0.205. The molecule has 1 amide bonds. The molecule has 222 valence electrons. The Kier molecular flexibility index (Phi) is 20.4. The number of hydrogen-bond donors (Lipinski definition) is 4. The maximum atomic E-state index is 13.1. The Hall–Kier alpha value is -4.15. The second-order valence-corrected chi connectivity index (χ2v) is 8.92. The van der Waals surface area contributed by atoms with Crippen molar-refractivity contribution in [1.29, 1.82) is 0 Å². The molecule has 0 aliphatic carbocycles. The average Bonchev–Trinajstić information content (AvgIpc) is 3.45. The van der Waals surface area contributed by atoms with Crippen molar-refractivity contribution < 1.29 is 14.7 Å². The molecular formula is C34H48N4O3. The number of unbranched alkanes of at least 4 members (excludes halogenated alkanes) is 3. The van der Waals surface area contributed by atoms with Crippen LogP contribution in [0.25, 0.3) is 21.8 Å². The summed E-state index contributed by atoms with van der Waals surface area (Å²) in [6.45, 7) is 11.7. The summed E-state index contributed by atoms with van der Waals surface area (Å²) in [5.74, 6) is 0.589. The van der Waals surface area contributed by atoms with Gasteiger partial charge in [-0.25, -0.2) is 4.98 Å². The summed E-state index contributed by atoms with van der Waals surface area (Å²) in [5, 5.41) is 15.6. The monoisotopic (exact) mass is 560 g/mol. The van der Waals surface area contributed by atoms with Gasteiger partial charge in [0.25, 0.3) is 5.91 Å². The number of carbonyl (C=O) groups is 2. The number of nitrogens with zero attached hydrogens (tertiary/aromatic N) is 1. The van der Waals surface area contributed by atoms with E-state index in [1.54, 1.807) is 0 Å². The van der Waals surface area contributed by atoms with Crippen LogP contribution in [-0.4, -0.2) is 34.4 Å². The molecule has 4 N–H and O–H groups in total. The maximum absolute atomic E-state index is 13.1. The van der Waals surface area contributed by atoms with Gasteiger partial charge in [0, 0.05) is 24.6 Å². The van der Waals surface area contributed by atoms with Crippen molar-refractivity contribution in [1.82, 2.24) is 20.6 Å². The summed E-state index contributed by atoms with van der Waals surface area (Å²) in [5.41, 5.74) is 3.23. The molecule has 0 bridgehead atoms. The molecule has 3 rings (SSSR count). The number of aliphatic hydroxyl groups is 1. The summed E-state index contributed by atoms with van der Waals surface area (Å²) < 4.78 is 0. The van der Waals surface area contributed by atoms with Crippen LogP contribution >= 0.6 is 0 Å². The number of aldehydes is 1. The second-order valence-electron chi connectivity index (χ2n) is 8.92. The molecule has 0 aliphatic heterocycles. The number of allylic oxidation sites excluding steroid dienone is 3. The lowest BCUT2D eigenvalue weighted by atomic mass is 10.1. The van der Waals surface area contributed by atoms with E-state index in [1.165, 1.54) is 19.8 Å². The largest absolute Gasteiger partial charge is 0.400 e. The van der Waals surface area contributed by atoms with Gasteiger partial charge in [-0.15, -0.1) is 12.8 Å². The zero-order valence-corrected chi connectivity index (χ0v) is 25.4. The Bertz CT molecular complexity index is 1270. The van der Waals surface area contributed by atoms with Crippen molar-refractivity contribution in [3.63, 3.8) is 0 Å². The van der Waals surface area contributed by atoms with Gasteiger partial charge in [0.15, 0.2) is 0 Å². The third-order valence-corrected chi connectivity index (χ3v) is 6.05. The topological polar surface area (TPSA) is 107 Å². The van der Waals surface area contributed by atoms with Crippen molar-refractivity contribution >= 4 is 34.0 Å². The van der Waals surface area contributed by atoms with E-state index >= 15 is 0 Å². The van der Waals surface area contributed by atoms with E-state index in [2.05, 4.69) is 85.3 Å². The first-order valence-electron chi connectivity index (χ1n) is 14.1. The van der Waals surface area contributed by atoms with Gasteiger partial charge in [-0.2, -0.15) is 0 Å². The molecule has 0 spiro atoms. The first-order valence-corrected chi connectivity index (χ1v) is 14.1. The van der Waals surface area contributed by atoms with E-state index < -0.39 is 0 Å². The van der Waals surface area contributed by atoms with Crippen LogP contribution < -0.4 is 10.6 Å². The van der Waals surface area contributed by atoms with Crippen molar-refractivity contribution in [2.45, 2.75) is 78.7 Å². The fourth-order valence-corrected chi connectivity index (χ4v) is 4.09. The van der Waals surface area contributed by atoms with Gasteiger partial charge in [-0.05, 0) is 38.1 Å². The van der Waals surface area contributed by atoms with Crippen LogP contribution in [0.4, 0.5) is 0 Å². The highest BCUT2D eigenvalue weighted by Crippen LogP contribution is 2.27. The minimum absolute atomic E-state index is 0.204. The van der Waals surface area contributed by atoms with Gasteiger partial charge in [0.2, 0.25) is 0 Å². The van der Waals surface area contributed by atoms with Crippen molar-refractivity contribution in [3.05, 3.63) is 78.4 Å². The number of aliphatic hydroxyl groups excluding tert-OH is 1. The minimum Gasteiger partial charge on any atom is -0.400 e. The lowest BCUT2D eigenvalue weighted by Crippen LogP contribution is -2.34. The second kappa shape index (κ2) is 22.6. The van der Waals surface area contributed by atoms with Crippen LogP contribution in [0.3, 0.4) is 0 Å². The molecular weight excluding hydrogens is 512 g/mol. The standard InChI is InChI=1S/C29H38N4O.C2H4O.C2H2.CH4O/c1-5-8-10-12-18-26(32-29(34)21(4)30-23(7-3)16-11-9-6-2)28-31-25-20-19-22-15-13-14-17-24(22)27(25)33-28;1-2-3;2*1-2/h7,9,11,13-15,17,19-20,26,30H,4-6,8,10,12,16,18H2,1-3H3,(H,31,33)(H,32,34);2H,1H3;1-2H;2H,1H3/b11-9-,23-7+;;;. The zero-order chi connectivity index (χ0) is 31.0. The summed E-state index contributed by atoms with van der Waals surface area (Å²) in [7, 11) is 1.00. The number of nitrogens with one attached hydrogen (secondary N) is 3. The number of hydrogen-bond acceptors (Lipinski definition) is 5. The van der Waals surface area contributed by atoms with Gasteiger partial charge in [-0.1, -0.05) is 94.7 Å². The fraction of sp³-hybridized carbons (Fsp3) is 0.382. The average molecular weight is 561 g/mol. The predicted molar refractivity (Wildman–Crippen MR) is 173 cm³/mol. The maximum Gasteiger partial charge on any atom is 0.267 e. The van der Waals surface area contributed by atoms with E-state index in [9.17, 15) is 4.79 Å². The Morgan fingerprint density at radius 3 is 2.39 bits per heavy atom. The van der Waals surface area contributed by atoms with E-state index in [1.807, 2.05) is 25.1 Å². The number of fused-ring (bicyclic) bond motifs is 3. The lowest BCUT2D eigenvalue weighted by Gasteiger charge is -2.19. The third kappa shape index (κ3) is 12.7. The molecule has 2 aromatic carbocycles. The van der Waals surface area contributed by atoms with Crippen LogP contribution in [-0.2, 0) is 9.59 Å². The quantitative estimate of drug-likeness (QED) is 0.0578. The molecule has 1 heterocycles. The Morgan fingerprint density at radius 1 is 1.07 bits per heavy atom. The number of amides is 1. The van der Waals surface area contributed by atoms with Gasteiger partial charge in [0.05, 0.1) is 22.8 Å². The molecule has 0 saturated carbocycles. The molecule has 7 heteroatoms. The summed E-state index contributed by atoms with van der Waals surface area (Å²) in [6, 6.07) is 12.2. The molecule has 3 aromatic rings. The first kappa shape index (κ1) is 36.8. The predicted octanol–water partition coefficient (Wildman–Crippen LogP) is 7.27. The molecule has 41 heavy (non-hydrogen) atoms. The molecule has 1 atom stereocenters. The van der Waals surface area contributed by atoms with Crippen LogP contribution in [0.5, 0.6) is 0 Å². The smallest absolute Gasteiger partial charge is 0.267 e. The number of H-pyrrole nitrogens is 1. The number of benzene rings is 2. The molecule has 1 unspecified atom stereocenters. The number of aromatic nitrogens is 2. The number of rotatable bonds is 13. The zero-order valence-electron chi connectivity index (χ0n) is 25.4. The first-order chi connectivity index (χ1) is 20.0. The van der Waals surface area contributed by atoms with Gasteiger partial charge in [-0.3, -0.25) is 4.79 Å². The van der Waals surface area contributed by atoms with Gasteiger partial charge in [0.1, 0.15) is 12.1 Å². The Balaban J connectivity index is 0.00000210. The van der Waals surface area contributed by atoms with Crippen molar-refractivity contribution in [3.8, 4) is 12.8 Å². The van der Waals surface area contributed by atoms with Crippen LogP contribution in [0, 0.1) is 12.8 Å². The van der Waals surface area contributed by atoms with E-state index in [4.69, 9.17) is 14.9 Å². The molecule has 0 aliphatic rings. The third-order valence-electron chi connectivity index (χ3n) is 6.05. The summed E-state index contributed by atoms with van der Waals surface area (Å²) in [4.78, 5) is 30.3. The van der Waals surface area contributed by atoms with E-state index in [0.717, 1.165) is 78.8 Å². The van der Waals surface area contributed by atoms with Crippen LogP contribution in [0.15, 0.2) is 72.6 Å². The van der Waals surface area contributed by atoms with Gasteiger partial charge < -0.3 is 25.5 Å².